The Labute approximate surface area is 91.1 Å². The fraction of sp³-hybridized carbons (Fsp3) is 0.818. The lowest BCUT2D eigenvalue weighted by atomic mass is 10.1. The highest BCUT2D eigenvalue weighted by molar-refractivity contribution is 4.91. The number of ether oxygens (including phenoxy) is 4. The van der Waals surface area contributed by atoms with Crippen LogP contribution >= 0.6 is 0 Å². The largest absolute Gasteiger partial charge is 0.382 e. The number of hydrogen-bond donors (Lipinski definition) is 0. The third kappa shape index (κ3) is 3.01. The lowest BCUT2D eigenvalue weighted by Gasteiger charge is -2.21. The summed E-state index contributed by atoms with van der Waals surface area (Å²) in [6.45, 7) is 6.64. The zero-order chi connectivity index (χ0) is 11.3. The Hall–Kier alpha value is -0.420. The minimum absolute atomic E-state index is 0.0232. The first-order valence-corrected chi connectivity index (χ1v) is 5.14. The van der Waals surface area contributed by atoms with Gasteiger partial charge in [-0.1, -0.05) is 6.08 Å². The van der Waals surface area contributed by atoms with E-state index >= 15 is 0 Å². The number of rotatable bonds is 6. The summed E-state index contributed by atoms with van der Waals surface area (Å²) in [5.41, 5.74) is 0. The summed E-state index contributed by atoms with van der Waals surface area (Å²) in [7, 11) is 3.32. The van der Waals surface area contributed by atoms with Gasteiger partial charge in [0.2, 0.25) is 0 Å². The molecule has 0 aromatic heterocycles. The minimum Gasteiger partial charge on any atom is -0.382 e. The van der Waals surface area contributed by atoms with Gasteiger partial charge in [0, 0.05) is 14.2 Å². The van der Waals surface area contributed by atoms with Crippen LogP contribution in [0.25, 0.3) is 0 Å². The van der Waals surface area contributed by atoms with Gasteiger partial charge in [0.25, 0.3) is 0 Å². The van der Waals surface area contributed by atoms with Gasteiger partial charge in [0.15, 0.2) is 0 Å². The quantitative estimate of drug-likeness (QED) is 0.621. The average Bonchev–Trinajstić information content (AvgIpc) is 2.52. The molecule has 1 rings (SSSR count). The Morgan fingerprint density at radius 3 is 2.60 bits per heavy atom. The zero-order valence-electron chi connectivity index (χ0n) is 9.64. The van der Waals surface area contributed by atoms with E-state index in [1.165, 1.54) is 0 Å². The molecule has 0 bridgehead atoms. The Kier molecular flexibility index (Phi) is 5.25. The molecule has 1 heterocycles. The molecule has 0 aromatic rings. The van der Waals surface area contributed by atoms with Crippen molar-refractivity contribution in [3.05, 3.63) is 12.7 Å². The molecular weight excluding hydrogens is 196 g/mol. The van der Waals surface area contributed by atoms with Gasteiger partial charge in [-0.3, -0.25) is 0 Å². The molecule has 0 aliphatic carbocycles. The van der Waals surface area contributed by atoms with Crippen molar-refractivity contribution in [2.45, 2.75) is 31.3 Å². The Balaban J connectivity index is 2.56. The molecular formula is C11H20O4. The lowest BCUT2D eigenvalue weighted by Crippen LogP contribution is -2.37. The Morgan fingerprint density at radius 1 is 1.33 bits per heavy atom. The molecule has 88 valence electrons. The van der Waals surface area contributed by atoms with E-state index in [4.69, 9.17) is 18.9 Å². The van der Waals surface area contributed by atoms with Crippen molar-refractivity contribution in [3.63, 3.8) is 0 Å². The van der Waals surface area contributed by atoms with Gasteiger partial charge >= 0.3 is 0 Å². The minimum atomic E-state index is -0.0695. The molecule has 4 nitrogen and oxygen atoms in total. The van der Waals surface area contributed by atoms with Crippen LogP contribution in [0.3, 0.4) is 0 Å². The standard InChI is InChI=1S/C11H20O4/c1-5-6-14-10-8(2)15-9(7-12-3)11(10)13-4/h5,8-11H,1,6-7H2,2-4H3/t8-,9+,10?,11-/m0/s1. The van der Waals surface area contributed by atoms with E-state index in [2.05, 4.69) is 6.58 Å². The first kappa shape index (κ1) is 12.6. The monoisotopic (exact) mass is 216 g/mol. The summed E-state index contributed by atoms with van der Waals surface area (Å²) < 4.78 is 21.8. The highest BCUT2D eigenvalue weighted by atomic mass is 16.6. The van der Waals surface area contributed by atoms with Crippen LogP contribution in [0.1, 0.15) is 6.92 Å². The normalized spacial score (nSPS) is 35.7. The van der Waals surface area contributed by atoms with Gasteiger partial charge < -0.3 is 18.9 Å². The van der Waals surface area contributed by atoms with Gasteiger partial charge in [0.1, 0.15) is 18.3 Å². The lowest BCUT2D eigenvalue weighted by molar-refractivity contribution is -0.0510. The van der Waals surface area contributed by atoms with E-state index in [9.17, 15) is 0 Å². The predicted molar refractivity (Wildman–Crippen MR) is 56.9 cm³/mol. The molecule has 1 aliphatic heterocycles. The van der Waals surface area contributed by atoms with Gasteiger partial charge in [-0.15, -0.1) is 6.58 Å². The molecule has 0 saturated carbocycles. The molecule has 0 N–H and O–H groups in total. The van der Waals surface area contributed by atoms with Crippen molar-refractivity contribution >= 4 is 0 Å². The maximum atomic E-state index is 5.71. The molecule has 0 amide bonds. The average molecular weight is 216 g/mol. The smallest absolute Gasteiger partial charge is 0.114 e. The topological polar surface area (TPSA) is 36.9 Å². The van der Waals surface area contributed by atoms with Crippen molar-refractivity contribution in [2.75, 3.05) is 27.4 Å². The first-order chi connectivity index (χ1) is 7.24. The van der Waals surface area contributed by atoms with Crippen LogP contribution in [-0.4, -0.2) is 51.8 Å². The van der Waals surface area contributed by atoms with E-state index in [1.54, 1.807) is 20.3 Å². The maximum Gasteiger partial charge on any atom is 0.114 e. The van der Waals surface area contributed by atoms with Gasteiger partial charge in [-0.05, 0) is 6.92 Å². The van der Waals surface area contributed by atoms with Crippen LogP contribution in [0.5, 0.6) is 0 Å². The molecule has 4 heteroatoms. The second-order valence-electron chi connectivity index (χ2n) is 3.62. The van der Waals surface area contributed by atoms with Crippen molar-refractivity contribution in [1.82, 2.24) is 0 Å². The van der Waals surface area contributed by atoms with Gasteiger partial charge in [0.05, 0.1) is 19.3 Å². The summed E-state index contributed by atoms with van der Waals surface area (Å²) in [5, 5.41) is 0. The summed E-state index contributed by atoms with van der Waals surface area (Å²) in [6.07, 6.45) is 1.58. The van der Waals surface area contributed by atoms with Crippen molar-refractivity contribution in [2.24, 2.45) is 0 Å². The fourth-order valence-corrected chi connectivity index (χ4v) is 1.90. The summed E-state index contributed by atoms with van der Waals surface area (Å²) in [4.78, 5) is 0. The predicted octanol–water partition coefficient (Wildman–Crippen LogP) is 1.01. The summed E-state index contributed by atoms with van der Waals surface area (Å²) in [6, 6.07) is 0. The summed E-state index contributed by atoms with van der Waals surface area (Å²) >= 11 is 0. The Morgan fingerprint density at radius 2 is 2.07 bits per heavy atom. The van der Waals surface area contributed by atoms with Crippen LogP contribution in [-0.2, 0) is 18.9 Å². The van der Waals surface area contributed by atoms with Gasteiger partial charge in [-0.25, -0.2) is 0 Å². The molecule has 15 heavy (non-hydrogen) atoms. The third-order valence-corrected chi connectivity index (χ3v) is 2.55. The van der Waals surface area contributed by atoms with E-state index in [0.29, 0.717) is 13.2 Å². The molecule has 0 spiro atoms. The van der Waals surface area contributed by atoms with E-state index in [1.807, 2.05) is 6.92 Å². The van der Waals surface area contributed by atoms with E-state index in [0.717, 1.165) is 0 Å². The van der Waals surface area contributed by atoms with Crippen LogP contribution in [0.2, 0.25) is 0 Å². The molecule has 4 atom stereocenters. The van der Waals surface area contributed by atoms with Crippen molar-refractivity contribution < 1.29 is 18.9 Å². The number of methoxy groups -OCH3 is 2. The fourth-order valence-electron chi connectivity index (χ4n) is 1.90. The molecule has 0 radical (unpaired) electrons. The molecule has 1 aliphatic rings. The molecule has 1 fully saturated rings. The zero-order valence-corrected chi connectivity index (χ0v) is 9.64. The van der Waals surface area contributed by atoms with Crippen LogP contribution in [0.4, 0.5) is 0 Å². The SMILES string of the molecule is C=CCOC1[C@H](C)O[C@H](COC)[C@@H]1OC. The molecule has 1 unspecified atom stereocenters. The van der Waals surface area contributed by atoms with E-state index in [-0.39, 0.29) is 24.4 Å². The highest BCUT2D eigenvalue weighted by Crippen LogP contribution is 2.26. The Bertz CT molecular complexity index is 195. The van der Waals surface area contributed by atoms with E-state index < -0.39 is 0 Å². The maximum absolute atomic E-state index is 5.71. The summed E-state index contributed by atoms with van der Waals surface area (Å²) in [5.74, 6) is 0. The molecule has 0 aromatic carbocycles. The van der Waals surface area contributed by atoms with Gasteiger partial charge in [-0.2, -0.15) is 0 Å². The van der Waals surface area contributed by atoms with Crippen LogP contribution < -0.4 is 0 Å². The first-order valence-electron chi connectivity index (χ1n) is 5.14. The molecule has 1 saturated heterocycles. The second kappa shape index (κ2) is 6.23. The van der Waals surface area contributed by atoms with Crippen molar-refractivity contribution in [3.8, 4) is 0 Å². The van der Waals surface area contributed by atoms with Crippen LogP contribution in [0, 0.1) is 0 Å². The second-order valence-corrected chi connectivity index (χ2v) is 3.62. The van der Waals surface area contributed by atoms with Crippen molar-refractivity contribution in [1.29, 1.82) is 0 Å². The highest BCUT2D eigenvalue weighted by Gasteiger charge is 2.43. The third-order valence-electron chi connectivity index (χ3n) is 2.55. The van der Waals surface area contributed by atoms with Crippen LogP contribution in [0.15, 0.2) is 12.7 Å². The number of hydrogen-bond acceptors (Lipinski definition) is 4.